The Kier molecular flexibility index (Phi) is 6.70. The molecule has 0 unspecified atom stereocenters. The van der Waals surface area contributed by atoms with Gasteiger partial charge in [-0.2, -0.15) is 4.90 Å². The van der Waals surface area contributed by atoms with E-state index in [1.165, 1.54) is 0 Å². The van der Waals surface area contributed by atoms with Gasteiger partial charge < -0.3 is 14.2 Å². The molecule has 1 saturated heterocycles. The van der Waals surface area contributed by atoms with Gasteiger partial charge in [0.25, 0.3) is 5.91 Å². The number of carbonyl (C=O) groups excluding carboxylic acids is 4. The first-order valence-corrected chi connectivity index (χ1v) is 11.5. The number of amides is 5. The van der Waals surface area contributed by atoms with Gasteiger partial charge in [0.1, 0.15) is 22.5 Å². The number of urea groups is 1. The van der Waals surface area contributed by atoms with E-state index in [9.17, 15) is 19.2 Å². The molecule has 0 aromatic heterocycles. The minimum atomic E-state index is -1.49. The summed E-state index contributed by atoms with van der Waals surface area (Å²) in [6.07, 6.45) is -0.510. The molecule has 186 valence electrons. The molecule has 0 atom stereocenters. The normalized spacial score (nSPS) is 23.3. The summed E-state index contributed by atoms with van der Waals surface area (Å²) in [6, 6.07) is 6.67. The van der Waals surface area contributed by atoms with Crippen LogP contribution in [0.2, 0.25) is 0 Å². The van der Waals surface area contributed by atoms with Crippen LogP contribution < -0.4 is 4.74 Å². The highest BCUT2D eigenvalue weighted by Crippen LogP contribution is 2.46. The average Bonchev–Trinajstić information content (AvgIpc) is 2.92. The molecule has 2 aliphatic rings. The molecule has 0 N–H and O–H groups in total. The number of methoxy groups -OCH3 is 1. The van der Waals surface area contributed by atoms with Crippen molar-refractivity contribution in [2.45, 2.75) is 89.9 Å². The monoisotopic (exact) mass is 474 g/mol. The molecule has 1 saturated carbocycles. The smallest absolute Gasteiger partial charge is 0.425 e. The Morgan fingerprint density at radius 1 is 0.882 bits per heavy atom. The zero-order valence-corrected chi connectivity index (χ0v) is 21.0. The van der Waals surface area contributed by atoms with Gasteiger partial charge in [0.05, 0.1) is 7.11 Å². The third-order valence-corrected chi connectivity index (χ3v) is 5.96. The first-order chi connectivity index (χ1) is 15.7. The minimum absolute atomic E-state index is 0.135. The van der Waals surface area contributed by atoms with E-state index in [1.807, 2.05) is 24.3 Å². The van der Waals surface area contributed by atoms with Crippen LogP contribution in [0.3, 0.4) is 0 Å². The molecule has 5 amide bonds. The molecule has 0 radical (unpaired) electrons. The van der Waals surface area contributed by atoms with Crippen LogP contribution in [0.1, 0.15) is 78.7 Å². The zero-order valence-electron chi connectivity index (χ0n) is 21.0. The fraction of sp³-hybridized carbons (Fsp3) is 0.600. The fourth-order valence-electron chi connectivity index (χ4n) is 4.44. The largest absolute Gasteiger partial charge is 0.497 e. The van der Waals surface area contributed by atoms with Crippen LogP contribution in [0.4, 0.5) is 14.4 Å². The Morgan fingerprint density at radius 3 is 1.85 bits per heavy atom. The Morgan fingerprint density at radius 2 is 1.38 bits per heavy atom. The van der Waals surface area contributed by atoms with E-state index in [2.05, 4.69) is 0 Å². The lowest BCUT2D eigenvalue weighted by molar-refractivity contribution is -0.134. The predicted octanol–water partition coefficient (Wildman–Crippen LogP) is 5.23. The van der Waals surface area contributed by atoms with Gasteiger partial charge in [-0.25, -0.2) is 19.3 Å². The van der Waals surface area contributed by atoms with Crippen molar-refractivity contribution in [2.75, 3.05) is 7.11 Å². The molecule has 1 spiro atoms. The first kappa shape index (κ1) is 25.5. The lowest BCUT2D eigenvalue weighted by atomic mass is 9.73. The standard InChI is InChI=1S/C25H34N2O7/c1-23(2,3)33-21(30)26-19(28)25(27(20(26)29)22(31)34-24(4,5)6)14-12-17(13-15-25)16-8-10-18(32-7)11-9-16/h8-11,17H,12-15H2,1-7H3/t17-,25+. The van der Waals surface area contributed by atoms with Crippen molar-refractivity contribution in [3.63, 3.8) is 0 Å². The Labute approximate surface area is 200 Å². The summed E-state index contributed by atoms with van der Waals surface area (Å²) in [5.41, 5.74) is -2.21. The fourth-order valence-corrected chi connectivity index (χ4v) is 4.44. The minimum Gasteiger partial charge on any atom is -0.497 e. The van der Waals surface area contributed by atoms with Gasteiger partial charge in [-0.3, -0.25) is 4.79 Å². The maximum Gasteiger partial charge on any atom is 0.425 e. The molecule has 1 aromatic rings. The summed E-state index contributed by atoms with van der Waals surface area (Å²) in [6.45, 7) is 9.93. The molecule has 1 heterocycles. The Balaban J connectivity index is 1.91. The predicted molar refractivity (Wildman–Crippen MR) is 123 cm³/mol. The Hall–Kier alpha value is -3.10. The number of ether oxygens (including phenoxy) is 3. The number of hydrogen-bond donors (Lipinski definition) is 0. The summed E-state index contributed by atoms with van der Waals surface area (Å²) < 4.78 is 16.0. The molecule has 1 aromatic carbocycles. The van der Waals surface area contributed by atoms with Crippen molar-refractivity contribution in [1.29, 1.82) is 0 Å². The van der Waals surface area contributed by atoms with E-state index in [0.717, 1.165) is 16.2 Å². The second kappa shape index (κ2) is 8.92. The van der Waals surface area contributed by atoms with Crippen molar-refractivity contribution in [3.05, 3.63) is 29.8 Å². The van der Waals surface area contributed by atoms with Crippen LogP contribution in [-0.4, -0.2) is 57.8 Å². The molecule has 9 nitrogen and oxygen atoms in total. The lowest BCUT2D eigenvalue weighted by Crippen LogP contribution is -2.55. The summed E-state index contributed by atoms with van der Waals surface area (Å²) in [4.78, 5) is 54.0. The van der Waals surface area contributed by atoms with E-state index in [4.69, 9.17) is 14.2 Å². The lowest BCUT2D eigenvalue weighted by Gasteiger charge is -2.40. The highest BCUT2D eigenvalue weighted by molar-refractivity contribution is 6.20. The summed E-state index contributed by atoms with van der Waals surface area (Å²) in [5.74, 6) is 0.137. The van der Waals surface area contributed by atoms with Gasteiger partial charge in [-0.05, 0) is 90.8 Å². The summed E-state index contributed by atoms with van der Waals surface area (Å²) >= 11 is 0. The van der Waals surface area contributed by atoms with Crippen molar-refractivity contribution in [3.8, 4) is 5.75 Å². The van der Waals surface area contributed by atoms with Crippen LogP contribution in [0.5, 0.6) is 5.75 Å². The van der Waals surface area contributed by atoms with E-state index in [1.54, 1.807) is 48.7 Å². The molecule has 34 heavy (non-hydrogen) atoms. The summed E-state index contributed by atoms with van der Waals surface area (Å²) in [5, 5.41) is 0. The molecule has 3 rings (SSSR count). The third kappa shape index (κ3) is 5.03. The van der Waals surface area contributed by atoms with Gasteiger partial charge >= 0.3 is 18.2 Å². The molecule has 1 aliphatic heterocycles. The first-order valence-electron chi connectivity index (χ1n) is 11.5. The maximum absolute atomic E-state index is 13.6. The van der Waals surface area contributed by atoms with Gasteiger partial charge in [0.15, 0.2) is 0 Å². The number of imide groups is 4. The zero-order chi connectivity index (χ0) is 25.5. The van der Waals surface area contributed by atoms with E-state index in [-0.39, 0.29) is 18.8 Å². The molecular weight excluding hydrogens is 440 g/mol. The molecule has 2 fully saturated rings. The molecule has 9 heteroatoms. The van der Waals surface area contributed by atoms with Crippen LogP contribution in [-0.2, 0) is 14.3 Å². The van der Waals surface area contributed by atoms with Crippen molar-refractivity contribution < 1.29 is 33.4 Å². The average molecular weight is 475 g/mol. The number of carbonyl (C=O) groups is 4. The second-order valence-corrected chi connectivity index (χ2v) is 10.8. The topological polar surface area (TPSA) is 102 Å². The highest BCUT2D eigenvalue weighted by Gasteiger charge is 2.64. The summed E-state index contributed by atoms with van der Waals surface area (Å²) in [7, 11) is 1.60. The number of rotatable bonds is 2. The van der Waals surface area contributed by atoms with Gasteiger partial charge in [0.2, 0.25) is 0 Å². The highest BCUT2D eigenvalue weighted by atomic mass is 16.6. The van der Waals surface area contributed by atoms with Gasteiger partial charge in [-0.1, -0.05) is 12.1 Å². The van der Waals surface area contributed by atoms with Crippen LogP contribution in [0.25, 0.3) is 0 Å². The van der Waals surface area contributed by atoms with E-state index >= 15 is 0 Å². The molecule has 1 aliphatic carbocycles. The van der Waals surface area contributed by atoms with Gasteiger partial charge in [0, 0.05) is 0 Å². The molecular formula is C25H34N2O7. The number of benzene rings is 1. The maximum atomic E-state index is 13.6. The Bertz CT molecular complexity index is 964. The van der Waals surface area contributed by atoms with Crippen molar-refractivity contribution in [1.82, 2.24) is 9.80 Å². The van der Waals surface area contributed by atoms with Crippen molar-refractivity contribution >= 4 is 24.1 Å². The van der Waals surface area contributed by atoms with Gasteiger partial charge in [-0.15, -0.1) is 0 Å². The van der Waals surface area contributed by atoms with Crippen LogP contribution in [0.15, 0.2) is 24.3 Å². The SMILES string of the molecule is COc1ccc([C@H]2CC[C@@]3(CC2)C(=O)N(C(=O)OC(C)(C)C)C(=O)N3C(=O)OC(C)(C)C)cc1. The number of hydrogen-bond acceptors (Lipinski definition) is 7. The third-order valence-electron chi connectivity index (χ3n) is 5.96. The van der Waals surface area contributed by atoms with Crippen LogP contribution >= 0.6 is 0 Å². The quantitative estimate of drug-likeness (QED) is 0.541. The van der Waals surface area contributed by atoms with E-state index in [0.29, 0.717) is 17.7 Å². The van der Waals surface area contributed by atoms with Crippen LogP contribution in [0, 0.1) is 0 Å². The second-order valence-electron chi connectivity index (χ2n) is 10.8. The molecule has 0 bridgehead atoms. The van der Waals surface area contributed by atoms with E-state index < -0.39 is 40.9 Å². The number of nitrogens with zero attached hydrogens (tertiary/aromatic N) is 2. The van der Waals surface area contributed by atoms with Crippen molar-refractivity contribution in [2.24, 2.45) is 0 Å².